The summed E-state index contributed by atoms with van der Waals surface area (Å²) >= 11 is 0. The molecule has 2 aliphatic rings. The van der Waals surface area contributed by atoms with E-state index in [2.05, 4.69) is 6.58 Å². The zero-order valence-electron chi connectivity index (χ0n) is 15.5. The van der Waals surface area contributed by atoms with Gasteiger partial charge >= 0.3 is 5.97 Å². The predicted octanol–water partition coefficient (Wildman–Crippen LogP) is -2.85. The van der Waals surface area contributed by atoms with E-state index < -0.39 is 67.9 Å². The van der Waals surface area contributed by atoms with Crippen molar-refractivity contribution in [1.82, 2.24) is 0 Å². The molecule has 11 heteroatoms. The van der Waals surface area contributed by atoms with Crippen molar-refractivity contribution in [3.8, 4) is 0 Å². The van der Waals surface area contributed by atoms with Gasteiger partial charge in [0.1, 0.15) is 42.7 Å². The molecule has 0 radical (unpaired) electrons. The number of carbonyl (C=O) groups is 1. The summed E-state index contributed by atoms with van der Waals surface area (Å²) in [6, 6.07) is 0. The van der Waals surface area contributed by atoms with Gasteiger partial charge in [-0.2, -0.15) is 0 Å². The van der Waals surface area contributed by atoms with E-state index in [0.717, 1.165) is 5.57 Å². The average molecular weight is 408 g/mol. The first-order valence-corrected chi connectivity index (χ1v) is 8.92. The third kappa shape index (κ3) is 5.69. The Balaban J connectivity index is 1.92. The molecule has 11 nitrogen and oxygen atoms in total. The minimum atomic E-state index is -1.68. The fourth-order valence-corrected chi connectivity index (χ4v) is 2.77. The summed E-state index contributed by atoms with van der Waals surface area (Å²) in [5.74, 6) is -0.682. The van der Waals surface area contributed by atoms with Crippen LogP contribution in [0.15, 0.2) is 12.2 Å². The lowest BCUT2D eigenvalue weighted by atomic mass is 9.99. The van der Waals surface area contributed by atoms with Gasteiger partial charge in [-0.3, -0.25) is 4.79 Å². The summed E-state index contributed by atoms with van der Waals surface area (Å²) in [5, 5.41) is 58.9. The molecule has 2 rings (SSSR count). The number of carbonyl (C=O) groups excluding carboxylic acids is 1. The van der Waals surface area contributed by atoms with Crippen molar-refractivity contribution in [2.45, 2.75) is 75.1 Å². The van der Waals surface area contributed by atoms with Crippen LogP contribution in [0.2, 0.25) is 0 Å². The molecule has 6 N–H and O–H groups in total. The quantitative estimate of drug-likeness (QED) is 0.189. The third-order valence-corrected chi connectivity index (χ3v) is 4.55. The van der Waals surface area contributed by atoms with Crippen molar-refractivity contribution in [1.29, 1.82) is 0 Å². The van der Waals surface area contributed by atoms with Crippen molar-refractivity contribution in [2.75, 3.05) is 13.2 Å². The smallest absolute Gasteiger partial charge is 0.308 e. The Morgan fingerprint density at radius 2 is 1.61 bits per heavy atom. The van der Waals surface area contributed by atoms with E-state index in [-0.39, 0.29) is 13.0 Å². The standard InChI is InChI=1S/C17H28O11/c1-7(2)3-4-10(19)28-17-15(24)13(22)12(21)9(27-17)6-26-16-14(23)11(20)8(18)5-25-16/h8-9,11-18,20-24H,1,3-6H2,2H3. The summed E-state index contributed by atoms with van der Waals surface area (Å²) in [6.07, 6.45) is -12.9. The van der Waals surface area contributed by atoms with Gasteiger partial charge in [-0.25, -0.2) is 0 Å². The molecule has 0 aromatic rings. The molecule has 0 aliphatic carbocycles. The van der Waals surface area contributed by atoms with E-state index >= 15 is 0 Å². The fourth-order valence-electron chi connectivity index (χ4n) is 2.77. The Morgan fingerprint density at radius 1 is 0.964 bits per heavy atom. The maximum Gasteiger partial charge on any atom is 0.308 e. The molecule has 0 aromatic carbocycles. The van der Waals surface area contributed by atoms with E-state index in [1.54, 1.807) is 6.92 Å². The second-order valence-corrected chi connectivity index (χ2v) is 7.05. The zero-order chi connectivity index (χ0) is 21.0. The Morgan fingerprint density at radius 3 is 2.25 bits per heavy atom. The van der Waals surface area contributed by atoms with E-state index in [9.17, 15) is 35.4 Å². The molecule has 2 saturated heterocycles. The van der Waals surface area contributed by atoms with Gasteiger partial charge in [0.25, 0.3) is 0 Å². The monoisotopic (exact) mass is 408 g/mol. The van der Waals surface area contributed by atoms with Crippen LogP contribution >= 0.6 is 0 Å². The third-order valence-electron chi connectivity index (χ3n) is 4.55. The molecule has 0 bridgehead atoms. The van der Waals surface area contributed by atoms with E-state index in [0.29, 0.717) is 6.42 Å². The van der Waals surface area contributed by atoms with Crippen molar-refractivity contribution in [3.63, 3.8) is 0 Å². The second kappa shape index (κ2) is 10.1. The molecule has 0 saturated carbocycles. The van der Waals surface area contributed by atoms with Crippen molar-refractivity contribution in [2.24, 2.45) is 0 Å². The first-order valence-electron chi connectivity index (χ1n) is 8.92. The van der Waals surface area contributed by atoms with Crippen molar-refractivity contribution >= 4 is 5.97 Å². The molecular weight excluding hydrogens is 380 g/mol. The molecule has 162 valence electrons. The topological polar surface area (TPSA) is 175 Å². The van der Waals surface area contributed by atoms with Crippen LogP contribution in [0.25, 0.3) is 0 Å². The van der Waals surface area contributed by atoms with Gasteiger partial charge in [-0.15, -0.1) is 6.58 Å². The average Bonchev–Trinajstić information content (AvgIpc) is 2.65. The lowest BCUT2D eigenvalue weighted by Crippen LogP contribution is -2.60. The predicted molar refractivity (Wildman–Crippen MR) is 90.5 cm³/mol. The molecule has 2 heterocycles. The molecule has 2 aliphatic heterocycles. The van der Waals surface area contributed by atoms with Crippen molar-refractivity contribution < 1.29 is 54.4 Å². The number of rotatable bonds is 7. The van der Waals surface area contributed by atoms with Gasteiger partial charge in [-0.1, -0.05) is 5.57 Å². The largest absolute Gasteiger partial charge is 0.433 e. The van der Waals surface area contributed by atoms with E-state index in [4.69, 9.17) is 18.9 Å². The van der Waals surface area contributed by atoms with Crippen LogP contribution in [0.4, 0.5) is 0 Å². The number of hydrogen-bond acceptors (Lipinski definition) is 11. The van der Waals surface area contributed by atoms with Gasteiger partial charge < -0.3 is 49.6 Å². The van der Waals surface area contributed by atoms with Gasteiger partial charge in [0.05, 0.1) is 13.2 Å². The van der Waals surface area contributed by atoms with E-state index in [1.165, 1.54) is 0 Å². The Hall–Kier alpha value is -1.15. The highest BCUT2D eigenvalue weighted by atomic mass is 16.7. The lowest BCUT2D eigenvalue weighted by Gasteiger charge is -2.41. The molecular formula is C17H28O11. The maximum absolute atomic E-state index is 11.8. The normalized spacial score (nSPS) is 41.5. The van der Waals surface area contributed by atoms with Crippen LogP contribution in [0, 0.1) is 0 Å². The highest BCUT2D eigenvalue weighted by molar-refractivity contribution is 5.69. The van der Waals surface area contributed by atoms with Crippen LogP contribution in [0.3, 0.4) is 0 Å². The first-order chi connectivity index (χ1) is 13.1. The van der Waals surface area contributed by atoms with Crippen LogP contribution in [0.1, 0.15) is 19.8 Å². The SMILES string of the molecule is C=C(C)CCC(=O)OC1OC(COC2OCC(O)C(O)C2O)C(O)C(O)C1O. The zero-order valence-corrected chi connectivity index (χ0v) is 15.5. The van der Waals surface area contributed by atoms with Gasteiger partial charge in [0, 0.05) is 6.42 Å². The molecule has 0 spiro atoms. The number of allylic oxidation sites excluding steroid dienone is 1. The Bertz CT molecular complexity index is 541. The lowest BCUT2D eigenvalue weighted by molar-refractivity contribution is -0.315. The van der Waals surface area contributed by atoms with Gasteiger partial charge in [0.2, 0.25) is 6.29 Å². The Labute approximate surface area is 161 Å². The van der Waals surface area contributed by atoms with Crippen LogP contribution in [-0.2, 0) is 23.7 Å². The Kier molecular flexibility index (Phi) is 8.30. The second-order valence-electron chi connectivity index (χ2n) is 7.05. The molecule has 0 aromatic heterocycles. The summed E-state index contributed by atoms with van der Waals surface area (Å²) in [6.45, 7) is 4.71. The fraction of sp³-hybridized carbons (Fsp3) is 0.824. The number of aliphatic hydroxyl groups is 6. The van der Waals surface area contributed by atoms with Crippen LogP contribution in [-0.4, -0.2) is 105 Å². The minimum absolute atomic E-state index is 0.00402. The highest BCUT2D eigenvalue weighted by Gasteiger charge is 2.46. The summed E-state index contributed by atoms with van der Waals surface area (Å²) in [5.41, 5.74) is 0.766. The summed E-state index contributed by atoms with van der Waals surface area (Å²) in [7, 11) is 0. The first kappa shape index (κ1) is 23.1. The minimum Gasteiger partial charge on any atom is -0.433 e. The number of esters is 1. The number of hydrogen-bond donors (Lipinski definition) is 6. The maximum atomic E-state index is 11.8. The summed E-state index contributed by atoms with van der Waals surface area (Å²) < 4.78 is 20.7. The van der Waals surface area contributed by atoms with Gasteiger partial charge in [-0.05, 0) is 13.3 Å². The van der Waals surface area contributed by atoms with Gasteiger partial charge in [0.15, 0.2) is 6.29 Å². The number of ether oxygens (including phenoxy) is 4. The number of aliphatic hydroxyl groups excluding tert-OH is 6. The molecule has 9 atom stereocenters. The van der Waals surface area contributed by atoms with Crippen LogP contribution < -0.4 is 0 Å². The highest BCUT2D eigenvalue weighted by Crippen LogP contribution is 2.24. The molecule has 2 fully saturated rings. The molecule has 28 heavy (non-hydrogen) atoms. The summed E-state index contributed by atoms with van der Waals surface area (Å²) in [4.78, 5) is 11.8. The van der Waals surface area contributed by atoms with E-state index in [1.807, 2.05) is 0 Å². The molecule has 0 amide bonds. The van der Waals surface area contributed by atoms with Crippen LogP contribution in [0.5, 0.6) is 0 Å². The molecule has 9 unspecified atom stereocenters. The van der Waals surface area contributed by atoms with Crippen molar-refractivity contribution in [3.05, 3.63) is 12.2 Å².